The number of rotatable bonds is 2. The second-order valence-corrected chi connectivity index (χ2v) is 2.09. The van der Waals surface area contributed by atoms with Crippen molar-refractivity contribution in [1.29, 1.82) is 0 Å². The molecule has 1 unspecified atom stereocenters. The molecular formula is C5H8BrO. The molecule has 0 heterocycles. The topological polar surface area (TPSA) is 19.9 Å². The van der Waals surface area contributed by atoms with Crippen LogP contribution in [0.1, 0.15) is 13.3 Å². The summed E-state index contributed by atoms with van der Waals surface area (Å²) in [5.41, 5.74) is 0. The van der Waals surface area contributed by atoms with E-state index in [2.05, 4.69) is 15.9 Å². The monoisotopic (exact) mass is 163 g/mol. The van der Waals surface area contributed by atoms with Gasteiger partial charge in [0, 0.05) is 0 Å². The van der Waals surface area contributed by atoms with Gasteiger partial charge in [-0.3, -0.25) is 0 Å². The lowest BCUT2D eigenvalue weighted by Crippen LogP contribution is -1.81. The first-order chi connectivity index (χ1) is 3.27. The fourth-order valence-electron chi connectivity index (χ4n) is 0.243. The lowest BCUT2D eigenvalue weighted by atomic mass is 10.4. The molecule has 0 fully saturated rings. The Labute approximate surface area is 52.2 Å². The Morgan fingerprint density at radius 2 is 2.43 bits per heavy atom. The highest BCUT2D eigenvalue weighted by atomic mass is 79.9. The zero-order chi connectivity index (χ0) is 5.70. The van der Waals surface area contributed by atoms with Crippen LogP contribution in [0.3, 0.4) is 0 Å². The molecule has 0 aromatic heterocycles. The number of alkyl halides is 1. The molecule has 0 aromatic rings. The highest BCUT2D eigenvalue weighted by molar-refractivity contribution is 9.09. The molecule has 7 heavy (non-hydrogen) atoms. The van der Waals surface area contributed by atoms with Crippen LogP contribution < -0.4 is 0 Å². The minimum atomic E-state index is -0.715. The average molecular weight is 164 g/mol. The Bertz CT molecular complexity index is 59.1. The van der Waals surface area contributed by atoms with Crippen LogP contribution >= 0.6 is 15.9 Å². The van der Waals surface area contributed by atoms with Gasteiger partial charge in [-0.2, -0.15) is 0 Å². The van der Waals surface area contributed by atoms with E-state index in [4.69, 9.17) is 0 Å². The van der Waals surface area contributed by atoms with Gasteiger partial charge < -0.3 is 0 Å². The van der Waals surface area contributed by atoms with Crippen molar-refractivity contribution >= 4 is 15.9 Å². The smallest absolute Gasteiger partial charge is 0.166 e. The van der Waals surface area contributed by atoms with Gasteiger partial charge in [0.05, 0.1) is 0 Å². The van der Waals surface area contributed by atoms with Crippen LogP contribution in [0.4, 0.5) is 0 Å². The Kier molecular flexibility index (Phi) is 4.45. The van der Waals surface area contributed by atoms with E-state index in [9.17, 15) is 5.11 Å². The molecule has 0 N–H and O–H groups in total. The molecule has 0 aromatic carbocycles. The maximum absolute atomic E-state index is 10.1. The van der Waals surface area contributed by atoms with E-state index in [0.29, 0.717) is 0 Å². The van der Waals surface area contributed by atoms with Crippen molar-refractivity contribution < 1.29 is 5.11 Å². The summed E-state index contributed by atoms with van der Waals surface area (Å²) in [6.07, 6.45) is 4.36. The molecule has 0 spiro atoms. The van der Waals surface area contributed by atoms with E-state index in [0.717, 1.165) is 6.42 Å². The van der Waals surface area contributed by atoms with Crippen LogP contribution in [0.5, 0.6) is 0 Å². The molecular weight excluding hydrogens is 156 g/mol. The third kappa shape index (κ3) is 6.18. The van der Waals surface area contributed by atoms with Gasteiger partial charge in [0.1, 0.15) is 0 Å². The summed E-state index contributed by atoms with van der Waals surface area (Å²) in [4.78, 5) is 0. The van der Waals surface area contributed by atoms with Gasteiger partial charge in [-0.05, 0) is 28.4 Å². The van der Waals surface area contributed by atoms with Crippen molar-refractivity contribution in [3.05, 3.63) is 12.2 Å². The molecule has 0 rings (SSSR count). The first-order valence-corrected chi connectivity index (χ1v) is 3.15. The normalized spacial score (nSPS) is 15.3. The Hall–Kier alpha value is 0.180. The Balaban J connectivity index is 3.08. The van der Waals surface area contributed by atoms with E-state index in [-0.39, 0.29) is 0 Å². The van der Waals surface area contributed by atoms with E-state index < -0.39 is 5.01 Å². The molecule has 0 bridgehead atoms. The van der Waals surface area contributed by atoms with E-state index in [1.165, 1.54) is 0 Å². The molecule has 0 aliphatic rings. The maximum atomic E-state index is 10.1. The molecule has 0 aliphatic heterocycles. The fourth-order valence-corrected chi connectivity index (χ4v) is 0.459. The van der Waals surface area contributed by atoms with Gasteiger partial charge >= 0.3 is 0 Å². The Morgan fingerprint density at radius 3 is 2.57 bits per heavy atom. The van der Waals surface area contributed by atoms with Crippen LogP contribution in [0.25, 0.3) is 0 Å². The lowest BCUT2D eigenvalue weighted by molar-refractivity contribution is 0.208. The second-order valence-electron chi connectivity index (χ2n) is 1.19. The van der Waals surface area contributed by atoms with Crippen LogP contribution in [0.15, 0.2) is 12.2 Å². The van der Waals surface area contributed by atoms with Gasteiger partial charge in [0.25, 0.3) is 0 Å². The number of allylic oxidation sites excluding steroid dienone is 1. The first-order valence-electron chi connectivity index (χ1n) is 2.24. The van der Waals surface area contributed by atoms with Gasteiger partial charge in [0.2, 0.25) is 0 Å². The van der Waals surface area contributed by atoms with Gasteiger partial charge in [-0.1, -0.05) is 13.0 Å². The largest absolute Gasteiger partial charge is 0.216 e. The molecule has 0 amide bonds. The molecule has 2 heteroatoms. The highest BCUT2D eigenvalue weighted by Gasteiger charge is 1.85. The quantitative estimate of drug-likeness (QED) is 0.440. The van der Waals surface area contributed by atoms with Crippen molar-refractivity contribution in [3.8, 4) is 0 Å². The lowest BCUT2D eigenvalue weighted by Gasteiger charge is -1.83. The first kappa shape index (κ1) is 7.18. The zero-order valence-corrected chi connectivity index (χ0v) is 5.81. The zero-order valence-electron chi connectivity index (χ0n) is 4.23. The van der Waals surface area contributed by atoms with Crippen molar-refractivity contribution in [3.63, 3.8) is 0 Å². The van der Waals surface area contributed by atoms with Crippen LogP contribution in [-0.2, 0) is 5.11 Å². The molecule has 0 saturated carbocycles. The van der Waals surface area contributed by atoms with Crippen LogP contribution in [0.2, 0.25) is 0 Å². The summed E-state index contributed by atoms with van der Waals surface area (Å²) >= 11 is 2.83. The molecule has 0 aliphatic carbocycles. The Morgan fingerprint density at radius 1 is 1.86 bits per heavy atom. The standard InChI is InChI=1S/C5H8BrO/c1-2-3-4-5(6)7/h3-5H,2H2,1H3/b4-3+. The predicted molar refractivity (Wildman–Crippen MR) is 32.8 cm³/mol. The number of halogens is 1. The van der Waals surface area contributed by atoms with Crippen LogP contribution in [0, 0.1) is 0 Å². The molecule has 1 nitrogen and oxygen atoms in total. The highest BCUT2D eigenvalue weighted by Crippen LogP contribution is 1.96. The second kappa shape index (κ2) is 4.34. The summed E-state index contributed by atoms with van der Waals surface area (Å²) in [6, 6.07) is 0. The minimum absolute atomic E-state index is 0.715. The maximum Gasteiger partial charge on any atom is 0.166 e. The van der Waals surface area contributed by atoms with E-state index in [1.807, 2.05) is 13.0 Å². The predicted octanol–water partition coefficient (Wildman–Crippen LogP) is 2.10. The SMILES string of the molecule is CC/C=C/C([O])Br. The van der Waals surface area contributed by atoms with Gasteiger partial charge in [-0.15, -0.1) is 0 Å². The van der Waals surface area contributed by atoms with Gasteiger partial charge in [-0.25, -0.2) is 5.11 Å². The molecule has 41 valence electrons. The summed E-state index contributed by atoms with van der Waals surface area (Å²) < 4.78 is 0. The fraction of sp³-hybridized carbons (Fsp3) is 0.600. The molecule has 1 atom stereocenters. The van der Waals surface area contributed by atoms with Crippen molar-refractivity contribution in [2.75, 3.05) is 0 Å². The van der Waals surface area contributed by atoms with Crippen molar-refractivity contribution in [1.82, 2.24) is 0 Å². The molecule has 0 saturated heterocycles. The average Bonchev–Trinajstić information content (AvgIpc) is 1.61. The molecule has 1 radical (unpaired) electrons. The summed E-state index contributed by atoms with van der Waals surface area (Å²) in [6.45, 7) is 1.99. The van der Waals surface area contributed by atoms with Crippen LogP contribution in [-0.4, -0.2) is 5.01 Å². The van der Waals surface area contributed by atoms with E-state index in [1.54, 1.807) is 6.08 Å². The van der Waals surface area contributed by atoms with Gasteiger partial charge in [0.15, 0.2) is 5.01 Å². The van der Waals surface area contributed by atoms with Crippen molar-refractivity contribution in [2.45, 2.75) is 18.4 Å². The summed E-state index contributed by atoms with van der Waals surface area (Å²) in [5.74, 6) is 0. The third-order valence-corrected chi connectivity index (χ3v) is 0.828. The van der Waals surface area contributed by atoms with E-state index >= 15 is 0 Å². The summed E-state index contributed by atoms with van der Waals surface area (Å²) in [7, 11) is 0. The minimum Gasteiger partial charge on any atom is -0.216 e. The number of hydrogen-bond donors (Lipinski definition) is 0. The number of hydrogen-bond acceptors (Lipinski definition) is 0. The third-order valence-electron chi connectivity index (χ3n) is 0.523. The summed E-state index contributed by atoms with van der Waals surface area (Å²) in [5, 5.41) is 9.40. The van der Waals surface area contributed by atoms with Crippen molar-refractivity contribution in [2.24, 2.45) is 0 Å².